The lowest BCUT2D eigenvalue weighted by molar-refractivity contribution is -0.138. The Hall–Kier alpha value is -2.10. The van der Waals surface area contributed by atoms with Crippen molar-refractivity contribution in [3.8, 4) is 0 Å². The number of esters is 1. The standard InChI is InChI=1S/C20H26N2O2/c1-4-24-20(23)13(2)11-15-9-10-17-18(12-15)21-22-19(17)14(3)16-7-5-6-8-16/h9-12,14,16H,4-8H2,1-3H3,(H,21,22)/b13-11+. The van der Waals surface area contributed by atoms with Crippen LogP contribution in [0, 0.1) is 5.92 Å². The fraction of sp³-hybridized carbons (Fsp3) is 0.500. The van der Waals surface area contributed by atoms with Gasteiger partial charge in [0.05, 0.1) is 12.1 Å². The predicted octanol–water partition coefficient (Wildman–Crippen LogP) is 4.82. The number of rotatable bonds is 5. The molecule has 1 unspecified atom stereocenters. The van der Waals surface area contributed by atoms with Gasteiger partial charge in [0.25, 0.3) is 0 Å². The molecule has 0 aliphatic heterocycles. The van der Waals surface area contributed by atoms with Gasteiger partial charge in [-0.25, -0.2) is 4.79 Å². The number of carbonyl (C=O) groups is 1. The van der Waals surface area contributed by atoms with Gasteiger partial charge in [-0.05, 0) is 50.3 Å². The zero-order valence-corrected chi connectivity index (χ0v) is 14.8. The molecule has 1 aliphatic rings. The monoisotopic (exact) mass is 326 g/mol. The van der Waals surface area contributed by atoms with Gasteiger partial charge in [-0.2, -0.15) is 5.10 Å². The molecule has 1 saturated carbocycles. The van der Waals surface area contributed by atoms with Crippen molar-refractivity contribution >= 4 is 22.9 Å². The number of nitrogens with zero attached hydrogens (tertiary/aromatic N) is 1. The first-order valence-electron chi connectivity index (χ1n) is 8.93. The highest BCUT2D eigenvalue weighted by atomic mass is 16.5. The van der Waals surface area contributed by atoms with E-state index in [1.165, 1.54) is 36.8 Å². The Balaban J connectivity index is 1.85. The number of hydrogen-bond donors (Lipinski definition) is 1. The molecule has 1 aromatic heterocycles. The number of fused-ring (bicyclic) bond motifs is 1. The van der Waals surface area contributed by atoms with Crippen molar-refractivity contribution in [2.75, 3.05) is 6.61 Å². The lowest BCUT2D eigenvalue weighted by atomic mass is 9.88. The van der Waals surface area contributed by atoms with Gasteiger partial charge in [0, 0.05) is 22.6 Å². The minimum atomic E-state index is -0.268. The molecule has 1 aliphatic carbocycles. The highest BCUT2D eigenvalue weighted by molar-refractivity contribution is 5.94. The third kappa shape index (κ3) is 3.37. The lowest BCUT2D eigenvalue weighted by Crippen LogP contribution is -2.06. The summed E-state index contributed by atoms with van der Waals surface area (Å²) in [6, 6.07) is 6.19. The Morgan fingerprint density at radius 2 is 2.17 bits per heavy atom. The normalized spacial score (nSPS) is 17.4. The molecule has 1 heterocycles. The van der Waals surface area contributed by atoms with Crippen LogP contribution < -0.4 is 0 Å². The first-order chi connectivity index (χ1) is 11.6. The fourth-order valence-electron chi connectivity index (χ4n) is 3.73. The van der Waals surface area contributed by atoms with Crippen LogP contribution in [0.15, 0.2) is 23.8 Å². The zero-order chi connectivity index (χ0) is 17.1. The van der Waals surface area contributed by atoms with E-state index in [0.717, 1.165) is 17.0 Å². The first-order valence-corrected chi connectivity index (χ1v) is 8.93. The fourth-order valence-corrected chi connectivity index (χ4v) is 3.73. The zero-order valence-electron chi connectivity index (χ0n) is 14.8. The molecule has 4 nitrogen and oxygen atoms in total. The van der Waals surface area contributed by atoms with Gasteiger partial charge < -0.3 is 4.74 Å². The molecule has 2 aromatic rings. The molecule has 24 heavy (non-hydrogen) atoms. The first kappa shape index (κ1) is 16.7. The highest BCUT2D eigenvalue weighted by Gasteiger charge is 2.25. The van der Waals surface area contributed by atoms with E-state index in [2.05, 4.69) is 23.2 Å². The van der Waals surface area contributed by atoms with Crippen molar-refractivity contribution in [1.29, 1.82) is 0 Å². The predicted molar refractivity (Wildman–Crippen MR) is 96.8 cm³/mol. The van der Waals surface area contributed by atoms with E-state index in [0.29, 0.717) is 18.1 Å². The van der Waals surface area contributed by atoms with E-state index in [1.54, 1.807) is 6.92 Å². The molecule has 0 spiro atoms. The molecule has 0 saturated heterocycles. The summed E-state index contributed by atoms with van der Waals surface area (Å²) < 4.78 is 5.03. The Morgan fingerprint density at radius 1 is 1.42 bits per heavy atom. The molecule has 0 radical (unpaired) electrons. The smallest absolute Gasteiger partial charge is 0.333 e. The van der Waals surface area contributed by atoms with Crippen LogP contribution in [0.25, 0.3) is 17.0 Å². The minimum absolute atomic E-state index is 0.268. The number of carbonyl (C=O) groups excluding carboxylic acids is 1. The summed E-state index contributed by atoms with van der Waals surface area (Å²) in [6.07, 6.45) is 7.20. The minimum Gasteiger partial charge on any atom is -0.463 e. The van der Waals surface area contributed by atoms with Crippen molar-refractivity contribution < 1.29 is 9.53 Å². The Kier molecular flexibility index (Phi) is 5.03. The third-order valence-corrected chi connectivity index (χ3v) is 5.15. The van der Waals surface area contributed by atoms with Gasteiger partial charge in [-0.1, -0.05) is 31.9 Å². The lowest BCUT2D eigenvalue weighted by Gasteiger charge is -2.17. The van der Waals surface area contributed by atoms with Crippen LogP contribution in [-0.4, -0.2) is 22.8 Å². The van der Waals surface area contributed by atoms with Crippen LogP contribution in [0.2, 0.25) is 0 Å². The SMILES string of the molecule is CCOC(=O)/C(C)=C/c1ccc2c(C(C)C3CCCC3)[nH]nc2c1. The van der Waals surface area contributed by atoms with E-state index >= 15 is 0 Å². The Bertz CT molecular complexity index is 754. The summed E-state index contributed by atoms with van der Waals surface area (Å²) in [5.74, 6) is 1.01. The topological polar surface area (TPSA) is 55.0 Å². The van der Waals surface area contributed by atoms with Gasteiger partial charge in [-0.15, -0.1) is 0 Å². The molecule has 0 bridgehead atoms. The summed E-state index contributed by atoms with van der Waals surface area (Å²) in [5, 5.41) is 8.94. The number of ether oxygens (including phenoxy) is 1. The summed E-state index contributed by atoms with van der Waals surface area (Å²) >= 11 is 0. The van der Waals surface area contributed by atoms with Crippen molar-refractivity contribution in [2.45, 2.75) is 52.4 Å². The Morgan fingerprint density at radius 3 is 2.88 bits per heavy atom. The van der Waals surface area contributed by atoms with Crippen molar-refractivity contribution in [3.63, 3.8) is 0 Å². The molecule has 1 N–H and O–H groups in total. The number of hydrogen-bond acceptors (Lipinski definition) is 3. The summed E-state index contributed by atoms with van der Waals surface area (Å²) in [6.45, 7) is 6.29. The number of nitrogens with one attached hydrogen (secondary N) is 1. The van der Waals surface area contributed by atoms with Crippen molar-refractivity contribution in [3.05, 3.63) is 35.0 Å². The van der Waals surface area contributed by atoms with Crippen molar-refractivity contribution in [1.82, 2.24) is 10.2 Å². The largest absolute Gasteiger partial charge is 0.463 e. The Labute approximate surface area is 143 Å². The average Bonchev–Trinajstić information content (AvgIpc) is 3.24. The molecule has 0 amide bonds. The number of aromatic nitrogens is 2. The van der Waals surface area contributed by atoms with Crippen LogP contribution >= 0.6 is 0 Å². The summed E-state index contributed by atoms with van der Waals surface area (Å²) in [5.41, 5.74) is 3.78. The molecule has 128 valence electrons. The number of H-pyrrole nitrogens is 1. The van der Waals surface area contributed by atoms with Crippen LogP contribution in [0.1, 0.15) is 63.6 Å². The third-order valence-electron chi connectivity index (χ3n) is 5.15. The highest BCUT2D eigenvalue weighted by Crippen LogP contribution is 2.38. The second-order valence-electron chi connectivity index (χ2n) is 6.79. The van der Waals surface area contributed by atoms with E-state index < -0.39 is 0 Å². The van der Waals surface area contributed by atoms with Crippen LogP contribution in [0.3, 0.4) is 0 Å². The number of benzene rings is 1. The molecule has 1 atom stereocenters. The number of aromatic amines is 1. The second-order valence-corrected chi connectivity index (χ2v) is 6.79. The van der Waals surface area contributed by atoms with E-state index in [-0.39, 0.29) is 5.97 Å². The van der Waals surface area contributed by atoms with Gasteiger partial charge >= 0.3 is 5.97 Å². The molecule has 3 rings (SSSR count). The summed E-state index contributed by atoms with van der Waals surface area (Å²) in [7, 11) is 0. The molecular formula is C20H26N2O2. The van der Waals surface area contributed by atoms with E-state index in [4.69, 9.17) is 4.74 Å². The second kappa shape index (κ2) is 7.20. The van der Waals surface area contributed by atoms with Crippen molar-refractivity contribution in [2.24, 2.45) is 5.92 Å². The average molecular weight is 326 g/mol. The quantitative estimate of drug-likeness (QED) is 0.633. The van der Waals surface area contributed by atoms with Gasteiger partial charge in [0.1, 0.15) is 0 Å². The molecule has 1 aromatic carbocycles. The van der Waals surface area contributed by atoms with E-state index in [9.17, 15) is 4.79 Å². The molecule has 4 heteroatoms. The van der Waals surface area contributed by atoms with Gasteiger partial charge in [0.15, 0.2) is 0 Å². The van der Waals surface area contributed by atoms with Crippen LogP contribution in [0.4, 0.5) is 0 Å². The van der Waals surface area contributed by atoms with E-state index in [1.807, 2.05) is 25.1 Å². The maximum absolute atomic E-state index is 11.7. The van der Waals surface area contributed by atoms with Crippen LogP contribution in [-0.2, 0) is 9.53 Å². The summed E-state index contributed by atoms with van der Waals surface area (Å²) in [4.78, 5) is 11.7. The van der Waals surface area contributed by atoms with Crippen LogP contribution in [0.5, 0.6) is 0 Å². The maximum atomic E-state index is 11.7. The molecular weight excluding hydrogens is 300 g/mol. The maximum Gasteiger partial charge on any atom is 0.333 e. The van der Waals surface area contributed by atoms with Gasteiger partial charge in [0.2, 0.25) is 0 Å². The van der Waals surface area contributed by atoms with Gasteiger partial charge in [-0.3, -0.25) is 5.10 Å². The molecule has 1 fully saturated rings.